The minimum Gasteiger partial charge on any atom is -0.353 e. The third-order valence-electron chi connectivity index (χ3n) is 5.64. The van der Waals surface area contributed by atoms with Crippen molar-refractivity contribution in [1.82, 2.24) is 25.4 Å². The van der Waals surface area contributed by atoms with Crippen LogP contribution in [0, 0.1) is 5.82 Å². The van der Waals surface area contributed by atoms with Gasteiger partial charge in [0.15, 0.2) is 11.0 Å². The van der Waals surface area contributed by atoms with Crippen LogP contribution in [0.4, 0.5) is 4.39 Å². The Balaban J connectivity index is 1.51. The number of hydrogen-bond acceptors (Lipinski definition) is 5. The predicted molar refractivity (Wildman–Crippen MR) is 130 cm³/mol. The lowest BCUT2D eigenvalue weighted by Crippen LogP contribution is -2.62. The zero-order chi connectivity index (χ0) is 23.6. The first kappa shape index (κ1) is 23.4. The molecule has 0 bridgehead atoms. The average Bonchev–Trinajstić information content (AvgIpc) is 3.15. The van der Waals surface area contributed by atoms with E-state index in [9.17, 15) is 9.18 Å². The molecule has 0 saturated carbocycles. The van der Waals surface area contributed by atoms with Crippen molar-refractivity contribution in [3.05, 3.63) is 60.4 Å². The van der Waals surface area contributed by atoms with E-state index in [1.807, 2.05) is 34.9 Å². The Labute approximate surface area is 198 Å². The lowest BCUT2D eigenvalue weighted by Gasteiger charge is -2.46. The summed E-state index contributed by atoms with van der Waals surface area (Å²) in [6, 6.07) is 16.0. The van der Waals surface area contributed by atoms with Crippen molar-refractivity contribution in [2.24, 2.45) is 0 Å². The van der Waals surface area contributed by atoms with E-state index in [1.54, 1.807) is 12.1 Å². The number of nitrogens with one attached hydrogen (secondary N) is 2. The zero-order valence-electron chi connectivity index (χ0n) is 19.4. The van der Waals surface area contributed by atoms with Crippen molar-refractivity contribution in [3.63, 3.8) is 0 Å². The fraction of sp³-hybridized carbons (Fsp3) is 0.400. The smallest absolute Gasteiger partial charge is 0.230 e. The number of nitrogens with zero attached hydrogens (tertiary/aromatic N) is 3. The number of piperidine rings is 1. The number of halogens is 1. The molecule has 1 aromatic heterocycles. The summed E-state index contributed by atoms with van der Waals surface area (Å²) in [5, 5.41) is 16.2. The van der Waals surface area contributed by atoms with Crippen LogP contribution in [0.5, 0.6) is 0 Å². The lowest BCUT2D eigenvalue weighted by atomic mass is 9.79. The second-order valence-corrected chi connectivity index (χ2v) is 10.8. The van der Waals surface area contributed by atoms with Crippen LogP contribution in [0.2, 0.25) is 0 Å². The van der Waals surface area contributed by atoms with Gasteiger partial charge in [-0.2, -0.15) is 0 Å². The highest BCUT2D eigenvalue weighted by atomic mass is 32.2. The van der Waals surface area contributed by atoms with Gasteiger partial charge in [0.25, 0.3) is 0 Å². The van der Waals surface area contributed by atoms with Gasteiger partial charge >= 0.3 is 0 Å². The third-order valence-corrected chi connectivity index (χ3v) is 6.57. The minimum absolute atomic E-state index is 0.0237. The van der Waals surface area contributed by atoms with Crippen LogP contribution < -0.4 is 10.6 Å². The summed E-state index contributed by atoms with van der Waals surface area (Å²) < 4.78 is 15.3. The molecule has 0 unspecified atom stereocenters. The summed E-state index contributed by atoms with van der Waals surface area (Å²) in [4.78, 5) is 12.8. The number of benzene rings is 2. The van der Waals surface area contributed by atoms with E-state index in [4.69, 9.17) is 0 Å². The number of hydrogen-bond donors (Lipinski definition) is 2. The van der Waals surface area contributed by atoms with Gasteiger partial charge in [0.05, 0.1) is 5.75 Å². The Hall–Kier alpha value is -2.71. The molecule has 0 atom stereocenters. The Kier molecular flexibility index (Phi) is 6.59. The Morgan fingerprint density at radius 3 is 2.33 bits per heavy atom. The summed E-state index contributed by atoms with van der Waals surface area (Å²) in [7, 11) is 0. The Bertz CT molecular complexity index is 1100. The zero-order valence-corrected chi connectivity index (χ0v) is 20.2. The molecular weight excluding hydrogens is 437 g/mol. The number of para-hydroxylation sites is 1. The van der Waals surface area contributed by atoms with Crippen LogP contribution in [0.25, 0.3) is 17.1 Å². The first-order chi connectivity index (χ1) is 15.6. The topological polar surface area (TPSA) is 71.8 Å². The number of amides is 1. The molecule has 2 heterocycles. The average molecular weight is 468 g/mol. The van der Waals surface area contributed by atoms with Crippen molar-refractivity contribution in [3.8, 4) is 17.1 Å². The lowest BCUT2D eigenvalue weighted by molar-refractivity contribution is -0.119. The number of thioether (sulfide) groups is 1. The molecule has 0 spiro atoms. The van der Waals surface area contributed by atoms with Gasteiger partial charge in [0.2, 0.25) is 5.91 Å². The molecule has 4 rings (SSSR count). The second-order valence-electron chi connectivity index (χ2n) is 9.84. The molecule has 2 N–H and O–H groups in total. The van der Waals surface area contributed by atoms with E-state index < -0.39 is 0 Å². The fourth-order valence-electron chi connectivity index (χ4n) is 4.78. The highest BCUT2D eigenvalue weighted by molar-refractivity contribution is 7.99. The normalized spacial score (nSPS) is 17.6. The molecule has 33 heavy (non-hydrogen) atoms. The SMILES string of the molecule is CC1(C)CC(NC(=O)CSc2nnc(-c3ccc(F)cc3)n2-c2ccccc2)CC(C)(C)N1. The molecular formula is C25H30FN5OS. The van der Waals surface area contributed by atoms with E-state index in [0.29, 0.717) is 11.0 Å². The van der Waals surface area contributed by atoms with E-state index in [-0.39, 0.29) is 34.6 Å². The number of rotatable bonds is 6. The van der Waals surface area contributed by atoms with Crippen molar-refractivity contribution >= 4 is 17.7 Å². The number of aromatic nitrogens is 3. The summed E-state index contributed by atoms with van der Waals surface area (Å²) in [5.41, 5.74) is 1.56. The molecule has 6 nitrogen and oxygen atoms in total. The van der Waals surface area contributed by atoms with Gasteiger partial charge in [-0.1, -0.05) is 30.0 Å². The van der Waals surface area contributed by atoms with Crippen LogP contribution in [0.15, 0.2) is 59.8 Å². The molecule has 1 saturated heterocycles. The highest BCUT2D eigenvalue weighted by Crippen LogP contribution is 2.30. The van der Waals surface area contributed by atoms with E-state index >= 15 is 0 Å². The summed E-state index contributed by atoms with van der Waals surface area (Å²) in [6.45, 7) is 8.67. The molecule has 3 aromatic rings. The molecule has 1 fully saturated rings. The summed E-state index contributed by atoms with van der Waals surface area (Å²) in [5.74, 6) is 0.509. The standard InChI is InChI=1S/C25H30FN5OS/c1-24(2)14-19(15-25(3,4)30-24)27-21(32)16-33-23-29-28-22(17-10-12-18(26)13-11-17)31(23)20-8-6-5-7-9-20/h5-13,19,30H,14-16H2,1-4H3,(H,27,32). The summed E-state index contributed by atoms with van der Waals surface area (Å²) >= 11 is 1.34. The van der Waals surface area contributed by atoms with Crippen molar-refractivity contribution < 1.29 is 9.18 Å². The monoisotopic (exact) mass is 467 g/mol. The first-order valence-corrected chi connectivity index (χ1v) is 12.1. The molecule has 2 aromatic carbocycles. The molecule has 0 aliphatic carbocycles. The van der Waals surface area contributed by atoms with Gasteiger partial charge in [-0.05, 0) is 76.9 Å². The largest absolute Gasteiger partial charge is 0.353 e. The van der Waals surface area contributed by atoms with Gasteiger partial charge in [-0.15, -0.1) is 10.2 Å². The summed E-state index contributed by atoms with van der Waals surface area (Å²) in [6.07, 6.45) is 1.75. The Morgan fingerprint density at radius 2 is 1.70 bits per heavy atom. The second kappa shape index (κ2) is 9.27. The minimum atomic E-state index is -0.305. The predicted octanol–water partition coefficient (Wildman–Crippen LogP) is 4.59. The molecule has 1 aliphatic rings. The quantitative estimate of drug-likeness (QED) is 0.519. The van der Waals surface area contributed by atoms with Gasteiger partial charge in [-0.3, -0.25) is 9.36 Å². The van der Waals surface area contributed by atoms with Crippen LogP contribution in [0.1, 0.15) is 40.5 Å². The fourth-order valence-corrected chi connectivity index (χ4v) is 5.55. The first-order valence-electron chi connectivity index (χ1n) is 11.1. The molecule has 174 valence electrons. The third kappa shape index (κ3) is 5.81. The van der Waals surface area contributed by atoms with E-state index in [0.717, 1.165) is 24.1 Å². The van der Waals surface area contributed by atoms with Crippen molar-refractivity contribution in [2.75, 3.05) is 5.75 Å². The van der Waals surface area contributed by atoms with Crippen LogP contribution in [-0.4, -0.2) is 43.5 Å². The van der Waals surface area contributed by atoms with Gasteiger partial charge in [0, 0.05) is 28.4 Å². The molecule has 1 aliphatic heterocycles. The van der Waals surface area contributed by atoms with Crippen molar-refractivity contribution in [1.29, 1.82) is 0 Å². The van der Waals surface area contributed by atoms with Gasteiger partial charge in [-0.25, -0.2) is 4.39 Å². The highest BCUT2D eigenvalue weighted by Gasteiger charge is 2.38. The maximum absolute atomic E-state index is 13.4. The Morgan fingerprint density at radius 1 is 1.06 bits per heavy atom. The molecule has 8 heteroatoms. The number of carbonyl (C=O) groups excluding carboxylic acids is 1. The van der Waals surface area contributed by atoms with E-state index in [1.165, 1.54) is 23.9 Å². The molecule has 1 amide bonds. The number of carbonyl (C=O) groups is 1. The van der Waals surface area contributed by atoms with Crippen LogP contribution >= 0.6 is 11.8 Å². The van der Waals surface area contributed by atoms with Gasteiger partial charge in [0.1, 0.15) is 5.82 Å². The van der Waals surface area contributed by atoms with Gasteiger partial charge < -0.3 is 10.6 Å². The maximum atomic E-state index is 13.4. The maximum Gasteiger partial charge on any atom is 0.230 e. The van der Waals surface area contributed by atoms with Crippen molar-refractivity contribution in [2.45, 2.75) is 62.8 Å². The van der Waals surface area contributed by atoms with Crippen LogP contribution in [-0.2, 0) is 4.79 Å². The molecule has 0 radical (unpaired) electrons. The van der Waals surface area contributed by atoms with E-state index in [2.05, 4.69) is 48.5 Å². The van der Waals surface area contributed by atoms with Crippen LogP contribution in [0.3, 0.4) is 0 Å².